The Kier molecular flexibility index (Phi) is 3.53. The van der Waals surface area contributed by atoms with Crippen molar-refractivity contribution in [2.45, 2.75) is 44.6 Å². The lowest BCUT2D eigenvalue weighted by Crippen LogP contribution is -2.41. The minimum atomic E-state index is -0.442. The molecule has 1 saturated carbocycles. The highest BCUT2D eigenvalue weighted by molar-refractivity contribution is 5.45. The van der Waals surface area contributed by atoms with Crippen molar-refractivity contribution in [3.05, 3.63) is 30.2 Å². The lowest BCUT2D eigenvalue weighted by Gasteiger charge is -2.34. The number of aromatic nitrogens is 3. The lowest BCUT2D eigenvalue weighted by molar-refractivity contribution is 0.216. The molecule has 0 bridgehead atoms. The van der Waals surface area contributed by atoms with Crippen LogP contribution < -0.4 is 5.73 Å². The Hall–Kier alpha value is -1.75. The molecule has 5 heteroatoms. The molecule has 3 rings (SSSR count). The van der Waals surface area contributed by atoms with Crippen molar-refractivity contribution in [2.75, 3.05) is 0 Å². The van der Waals surface area contributed by atoms with Gasteiger partial charge >= 0.3 is 0 Å². The molecule has 2 N–H and O–H groups in total. The van der Waals surface area contributed by atoms with Gasteiger partial charge in [-0.3, -0.25) is 4.98 Å². The molecule has 0 atom stereocenters. The van der Waals surface area contributed by atoms with E-state index in [9.17, 15) is 0 Å². The molecule has 2 heterocycles. The van der Waals surface area contributed by atoms with Crippen molar-refractivity contribution in [3.8, 4) is 11.6 Å². The van der Waals surface area contributed by atoms with Gasteiger partial charge in [0.1, 0.15) is 5.69 Å². The second-order valence-corrected chi connectivity index (χ2v) is 5.65. The maximum Gasteiger partial charge on any atom is 0.276 e. The second-order valence-electron chi connectivity index (χ2n) is 5.65. The van der Waals surface area contributed by atoms with Gasteiger partial charge in [-0.2, -0.15) is 4.98 Å². The maximum absolute atomic E-state index is 6.48. The minimum Gasteiger partial charge on any atom is -0.332 e. The highest BCUT2D eigenvalue weighted by Crippen LogP contribution is 2.37. The standard InChI is InChI=1S/C15H20N4O/c1-2-11-6-8-15(16,9-7-11)14-18-13(20-19-14)12-5-3-4-10-17-12/h3-5,10-11H,2,6-9,16H2,1H3. The Bertz CT molecular complexity index is 558. The summed E-state index contributed by atoms with van der Waals surface area (Å²) in [5, 5.41) is 4.09. The van der Waals surface area contributed by atoms with Crippen LogP contribution in [-0.4, -0.2) is 15.1 Å². The van der Waals surface area contributed by atoms with Gasteiger partial charge < -0.3 is 10.3 Å². The van der Waals surface area contributed by atoms with Gasteiger partial charge in [-0.25, -0.2) is 0 Å². The molecule has 0 unspecified atom stereocenters. The Morgan fingerprint density at radius 1 is 1.35 bits per heavy atom. The average molecular weight is 272 g/mol. The fourth-order valence-corrected chi connectivity index (χ4v) is 2.84. The minimum absolute atomic E-state index is 0.442. The third kappa shape index (κ3) is 2.45. The molecule has 2 aromatic rings. The summed E-state index contributed by atoms with van der Waals surface area (Å²) in [5.41, 5.74) is 6.73. The van der Waals surface area contributed by atoms with E-state index in [4.69, 9.17) is 10.3 Å². The Labute approximate surface area is 118 Å². The molecular formula is C15H20N4O. The third-order valence-electron chi connectivity index (χ3n) is 4.33. The van der Waals surface area contributed by atoms with Crippen LogP contribution in [0.15, 0.2) is 28.9 Å². The summed E-state index contributed by atoms with van der Waals surface area (Å²) in [5.74, 6) is 1.85. The normalized spacial score (nSPS) is 26.6. The van der Waals surface area contributed by atoms with E-state index in [0.717, 1.165) is 31.6 Å². The van der Waals surface area contributed by atoms with Crippen LogP contribution in [0, 0.1) is 5.92 Å². The first-order chi connectivity index (χ1) is 9.71. The molecule has 0 aliphatic heterocycles. The number of rotatable bonds is 3. The molecule has 5 nitrogen and oxygen atoms in total. The predicted octanol–water partition coefficient (Wildman–Crippen LogP) is 2.89. The van der Waals surface area contributed by atoms with Crippen LogP contribution in [0.1, 0.15) is 44.9 Å². The maximum atomic E-state index is 6.48. The van der Waals surface area contributed by atoms with E-state index in [-0.39, 0.29) is 0 Å². The molecule has 0 aromatic carbocycles. The van der Waals surface area contributed by atoms with Gasteiger partial charge in [0.2, 0.25) is 0 Å². The van der Waals surface area contributed by atoms with Crippen LogP contribution in [0.25, 0.3) is 11.6 Å². The lowest BCUT2D eigenvalue weighted by atomic mass is 9.76. The molecule has 0 amide bonds. The van der Waals surface area contributed by atoms with Crippen molar-refractivity contribution in [2.24, 2.45) is 11.7 Å². The molecule has 0 spiro atoms. The molecule has 2 aromatic heterocycles. The summed E-state index contributed by atoms with van der Waals surface area (Å²) >= 11 is 0. The van der Waals surface area contributed by atoms with Crippen molar-refractivity contribution in [3.63, 3.8) is 0 Å². The number of hydrogen-bond donors (Lipinski definition) is 1. The van der Waals surface area contributed by atoms with Crippen molar-refractivity contribution in [1.29, 1.82) is 0 Å². The first-order valence-electron chi connectivity index (χ1n) is 7.26. The first kappa shape index (κ1) is 13.2. The van der Waals surface area contributed by atoms with Crippen LogP contribution in [-0.2, 0) is 5.54 Å². The topological polar surface area (TPSA) is 77.8 Å². The summed E-state index contributed by atoms with van der Waals surface area (Å²) in [7, 11) is 0. The summed E-state index contributed by atoms with van der Waals surface area (Å²) in [6.07, 6.45) is 7.06. The van der Waals surface area contributed by atoms with Crippen LogP contribution in [0.4, 0.5) is 0 Å². The number of pyridine rings is 1. The van der Waals surface area contributed by atoms with Crippen LogP contribution in [0.2, 0.25) is 0 Å². The highest BCUT2D eigenvalue weighted by Gasteiger charge is 2.37. The first-order valence-corrected chi connectivity index (χ1v) is 7.26. The number of hydrogen-bond acceptors (Lipinski definition) is 5. The van der Waals surface area contributed by atoms with Crippen LogP contribution in [0.3, 0.4) is 0 Å². The van der Waals surface area contributed by atoms with E-state index < -0.39 is 5.54 Å². The summed E-state index contributed by atoms with van der Waals surface area (Å²) in [6, 6.07) is 5.61. The summed E-state index contributed by atoms with van der Waals surface area (Å²) in [6.45, 7) is 2.24. The Morgan fingerprint density at radius 2 is 2.15 bits per heavy atom. The Morgan fingerprint density at radius 3 is 2.80 bits per heavy atom. The van der Waals surface area contributed by atoms with Crippen LogP contribution in [0.5, 0.6) is 0 Å². The zero-order valence-electron chi connectivity index (χ0n) is 11.7. The SMILES string of the molecule is CCC1CCC(N)(c2noc(-c3ccccn3)n2)CC1. The largest absolute Gasteiger partial charge is 0.332 e. The van der Waals surface area contributed by atoms with E-state index in [1.165, 1.54) is 6.42 Å². The molecule has 0 saturated heterocycles. The van der Waals surface area contributed by atoms with E-state index in [2.05, 4.69) is 22.0 Å². The zero-order valence-corrected chi connectivity index (χ0v) is 11.7. The quantitative estimate of drug-likeness (QED) is 0.929. The molecule has 1 aliphatic carbocycles. The van der Waals surface area contributed by atoms with Gasteiger partial charge in [0.05, 0.1) is 5.54 Å². The predicted molar refractivity (Wildman–Crippen MR) is 75.6 cm³/mol. The molecule has 106 valence electrons. The van der Waals surface area contributed by atoms with Gasteiger partial charge in [-0.05, 0) is 43.7 Å². The van der Waals surface area contributed by atoms with E-state index in [1.807, 2.05) is 18.2 Å². The fourth-order valence-electron chi connectivity index (χ4n) is 2.84. The zero-order chi connectivity index (χ0) is 14.0. The van der Waals surface area contributed by atoms with Crippen LogP contribution >= 0.6 is 0 Å². The molecule has 1 aliphatic rings. The average Bonchev–Trinajstić information content (AvgIpc) is 3.00. The molecule has 1 fully saturated rings. The monoisotopic (exact) mass is 272 g/mol. The highest BCUT2D eigenvalue weighted by atomic mass is 16.5. The van der Waals surface area contributed by atoms with Gasteiger partial charge in [0.15, 0.2) is 5.82 Å². The second kappa shape index (κ2) is 5.32. The van der Waals surface area contributed by atoms with E-state index in [1.54, 1.807) is 6.20 Å². The Balaban J connectivity index is 1.80. The summed E-state index contributed by atoms with van der Waals surface area (Å²) in [4.78, 5) is 8.68. The van der Waals surface area contributed by atoms with Gasteiger partial charge in [-0.15, -0.1) is 0 Å². The summed E-state index contributed by atoms with van der Waals surface area (Å²) < 4.78 is 5.32. The third-order valence-corrected chi connectivity index (χ3v) is 4.33. The fraction of sp³-hybridized carbons (Fsp3) is 0.533. The van der Waals surface area contributed by atoms with Crippen molar-refractivity contribution < 1.29 is 4.52 Å². The van der Waals surface area contributed by atoms with Gasteiger partial charge in [-0.1, -0.05) is 24.6 Å². The van der Waals surface area contributed by atoms with Gasteiger partial charge in [0, 0.05) is 6.20 Å². The molecule has 20 heavy (non-hydrogen) atoms. The van der Waals surface area contributed by atoms with Crippen molar-refractivity contribution >= 4 is 0 Å². The molecule has 0 radical (unpaired) electrons. The van der Waals surface area contributed by atoms with E-state index in [0.29, 0.717) is 17.4 Å². The van der Waals surface area contributed by atoms with Crippen molar-refractivity contribution in [1.82, 2.24) is 15.1 Å². The number of nitrogens with zero attached hydrogens (tertiary/aromatic N) is 3. The van der Waals surface area contributed by atoms with Gasteiger partial charge in [0.25, 0.3) is 5.89 Å². The van der Waals surface area contributed by atoms with E-state index >= 15 is 0 Å². The molecular weight excluding hydrogens is 252 g/mol. The number of nitrogens with two attached hydrogens (primary N) is 1. The smallest absolute Gasteiger partial charge is 0.276 e.